The summed E-state index contributed by atoms with van der Waals surface area (Å²) in [5.74, 6) is 2.20. The fourth-order valence-corrected chi connectivity index (χ4v) is 2.92. The summed E-state index contributed by atoms with van der Waals surface area (Å²) in [6.07, 6.45) is 4.74. The van der Waals surface area contributed by atoms with Crippen LogP contribution in [0, 0.1) is 0 Å². The topological polar surface area (TPSA) is 72.7 Å². The number of aromatic nitrogens is 2. The number of rotatable bonds is 4. The highest BCUT2D eigenvalue weighted by atomic mass is 127. The quantitative estimate of drug-likeness (QED) is 0.321. The molecule has 152 valence electrons. The standard InChI is InChI=1S/C21H23N5O2.HI/c1-22-21(25-17-8-9-19-20(12-17)28-11-5-10-27-19)23-13-16-14-24-26(15-16)18-6-3-2-4-7-18;/h2-4,6-9,12,14-15H,5,10-11,13H2,1H3,(H2,22,23,25);1H. The lowest BCUT2D eigenvalue weighted by molar-refractivity contribution is 0.297. The van der Waals surface area contributed by atoms with Crippen LogP contribution >= 0.6 is 24.0 Å². The minimum Gasteiger partial charge on any atom is -0.490 e. The molecular weight excluding hydrogens is 481 g/mol. The van der Waals surface area contributed by atoms with Crippen molar-refractivity contribution in [2.75, 3.05) is 25.6 Å². The molecule has 2 aromatic carbocycles. The van der Waals surface area contributed by atoms with Crippen molar-refractivity contribution in [3.8, 4) is 17.2 Å². The summed E-state index contributed by atoms with van der Waals surface area (Å²) in [7, 11) is 1.74. The molecule has 29 heavy (non-hydrogen) atoms. The van der Waals surface area contributed by atoms with Gasteiger partial charge in [-0.2, -0.15) is 5.10 Å². The average Bonchev–Trinajstić information content (AvgIpc) is 3.09. The Bertz CT molecular complexity index is 959. The van der Waals surface area contributed by atoms with E-state index in [1.165, 1.54) is 0 Å². The van der Waals surface area contributed by atoms with Crippen molar-refractivity contribution in [2.24, 2.45) is 4.99 Å². The lowest BCUT2D eigenvalue weighted by Gasteiger charge is -2.13. The molecule has 0 atom stereocenters. The lowest BCUT2D eigenvalue weighted by atomic mass is 10.2. The highest BCUT2D eigenvalue weighted by Gasteiger charge is 2.11. The van der Waals surface area contributed by atoms with Gasteiger partial charge in [0, 0.05) is 43.5 Å². The molecule has 0 saturated carbocycles. The Kier molecular flexibility index (Phi) is 7.34. The molecule has 2 heterocycles. The van der Waals surface area contributed by atoms with Crippen molar-refractivity contribution in [3.05, 3.63) is 66.5 Å². The molecule has 0 unspecified atom stereocenters. The van der Waals surface area contributed by atoms with Crippen molar-refractivity contribution < 1.29 is 9.47 Å². The number of para-hydroxylation sites is 1. The van der Waals surface area contributed by atoms with Gasteiger partial charge in [-0.05, 0) is 24.3 Å². The van der Waals surface area contributed by atoms with Gasteiger partial charge in [0.05, 0.1) is 25.1 Å². The number of ether oxygens (including phenoxy) is 2. The second-order valence-electron chi connectivity index (χ2n) is 6.39. The number of aliphatic imine (C=N–C) groups is 1. The summed E-state index contributed by atoms with van der Waals surface area (Å²) >= 11 is 0. The molecule has 0 radical (unpaired) electrons. The van der Waals surface area contributed by atoms with E-state index in [9.17, 15) is 0 Å². The van der Waals surface area contributed by atoms with Crippen LogP contribution in [0.1, 0.15) is 12.0 Å². The lowest BCUT2D eigenvalue weighted by Crippen LogP contribution is -2.30. The number of benzene rings is 2. The summed E-state index contributed by atoms with van der Waals surface area (Å²) in [5, 5.41) is 11.0. The molecule has 3 aromatic rings. The van der Waals surface area contributed by atoms with Crippen molar-refractivity contribution in [1.82, 2.24) is 15.1 Å². The molecule has 0 spiro atoms. The van der Waals surface area contributed by atoms with Crippen LogP contribution in [0.2, 0.25) is 0 Å². The summed E-state index contributed by atoms with van der Waals surface area (Å²) in [4.78, 5) is 4.29. The smallest absolute Gasteiger partial charge is 0.195 e. The first-order valence-electron chi connectivity index (χ1n) is 9.28. The number of nitrogens with one attached hydrogen (secondary N) is 2. The van der Waals surface area contributed by atoms with E-state index in [0.717, 1.165) is 34.9 Å². The van der Waals surface area contributed by atoms with Crippen LogP contribution < -0.4 is 20.1 Å². The Labute approximate surface area is 187 Å². The molecule has 0 saturated heterocycles. The number of anilines is 1. The fraction of sp³-hybridized carbons (Fsp3) is 0.238. The minimum absolute atomic E-state index is 0. The Morgan fingerprint density at radius 3 is 2.69 bits per heavy atom. The van der Waals surface area contributed by atoms with Crippen LogP contribution in [0.25, 0.3) is 5.69 Å². The SMILES string of the molecule is CN=C(NCc1cnn(-c2ccccc2)c1)Nc1ccc2c(c1)OCCCO2.I. The first-order chi connectivity index (χ1) is 13.8. The summed E-state index contributed by atoms with van der Waals surface area (Å²) in [6, 6.07) is 15.8. The summed E-state index contributed by atoms with van der Waals surface area (Å²) < 4.78 is 13.3. The molecule has 0 fully saturated rings. The molecule has 4 rings (SSSR count). The zero-order valence-electron chi connectivity index (χ0n) is 16.2. The fourth-order valence-electron chi connectivity index (χ4n) is 2.92. The van der Waals surface area contributed by atoms with Crippen LogP contribution in [0.4, 0.5) is 5.69 Å². The summed E-state index contributed by atoms with van der Waals surface area (Å²) in [6.45, 7) is 1.95. The van der Waals surface area contributed by atoms with E-state index in [4.69, 9.17) is 9.47 Å². The molecule has 0 bridgehead atoms. The van der Waals surface area contributed by atoms with Gasteiger partial charge >= 0.3 is 0 Å². The molecule has 0 amide bonds. The third-order valence-electron chi connectivity index (χ3n) is 4.35. The van der Waals surface area contributed by atoms with Crippen LogP contribution in [-0.2, 0) is 6.54 Å². The van der Waals surface area contributed by atoms with Crippen molar-refractivity contribution in [3.63, 3.8) is 0 Å². The van der Waals surface area contributed by atoms with Crippen LogP contribution in [0.3, 0.4) is 0 Å². The zero-order valence-corrected chi connectivity index (χ0v) is 18.5. The normalized spacial score (nSPS) is 13.2. The van der Waals surface area contributed by atoms with Gasteiger partial charge in [-0.15, -0.1) is 24.0 Å². The van der Waals surface area contributed by atoms with Crippen molar-refractivity contribution in [2.45, 2.75) is 13.0 Å². The van der Waals surface area contributed by atoms with Crippen LogP contribution in [-0.4, -0.2) is 36.0 Å². The predicted molar refractivity (Wildman–Crippen MR) is 125 cm³/mol. The number of halogens is 1. The minimum atomic E-state index is 0. The van der Waals surface area contributed by atoms with Gasteiger partial charge in [-0.1, -0.05) is 18.2 Å². The maximum atomic E-state index is 5.74. The molecule has 1 aromatic heterocycles. The maximum absolute atomic E-state index is 5.74. The molecular formula is C21H24IN5O2. The van der Waals surface area contributed by atoms with Crippen molar-refractivity contribution in [1.29, 1.82) is 0 Å². The van der Waals surface area contributed by atoms with Gasteiger partial charge in [-0.25, -0.2) is 4.68 Å². The van der Waals surface area contributed by atoms with E-state index in [-0.39, 0.29) is 24.0 Å². The van der Waals surface area contributed by atoms with Gasteiger partial charge in [-0.3, -0.25) is 4.99 Å². The monoisotopic (exact) mass is 505 g/mol. The largest absolute Gasteiger partial charge is 0.490 e. The highest BCUT2D eigenvalue weighted by molar-refractivity contribution is 14.0. The Hall–Kier alpha value is -2.75. The van der Waals surface area contributed by atoms with Crippen LogP contribution in [0.5, 0.6) is 11.5 Å². The first-order valence-corrected chi connectivity index (χ1v) is 9.28. The number of hydrogen-bond donors (Lipinski definition) is 2. The molecule has 8 heteroatoms. The number of fused-ring (bicyclic) bond motifs is 1. The molecule has 7 nitrogen and oxygen atoms in total. The van der Waals surface area contributed by atoms with Crippen LogP contribution in [0.15, 0.2) is 65.9 Å². The van der Waals surface area contributed by atoms with Gasteiger partial charge in [0.1, 0.15) is 0 Å². The number of hydrogen-bond acceptors (Lipinski definition) is 4. The first kappa shape index (κ1) is 21.0. The summed E-state index contributed by atoms with van der Waals surface area (Å²) in [5.41, 5.74) is 2.98. The van der Waals surface area contributed by atoms with E-state index in [1.807, 2.05) is 65.6 Å². The highest BCUT2D eigenvalue weighted by Crippen LogP contribution is 2.32. The van der Waals surface area contributed by atoms with Gasteiger partial charge in [0.2, 0.25) is 0 Å². The van der Waals surface area contributed by atoms with Gasteiger partial charge in [0.25, 0.3) is 0 Å². The second kappa shape index (κ2) is 10.1. The number of guanidine groups is 1. The van der Waals surface area contributed by atoms with Gasteiger partial charge < -0.3 is 20.1 Å². The molecule has 0 aliphatic carbocycles. The Morgan fingerprint density at radius 1 is 1.10 bits per heavy atom. The van der Waals surface area contributed by atoms with E-state index < -0.39 is 0 Å². The van der Waals surface area contributed by atoms with E-state index in [1.54, 1.807) is 7.05 Å². The third kappa shape index (κ3) is 5.41. The van der Waals surface area contributed by atoms with Crippen molar-refractivity contribution >= 4 is 35.6 Å². The molecule has 2 N–H and O–H groups in total. The van der Waals surface area contributed by atoms with E-state index in [2.05, 4.69) is 20.7 Å². The zero-order chi connectivity index (χ0) is 19.2. The van der Waals surface area contributed by atoms with E-state index in [0.29, 0.717) is 25.7 Å². The third-order valence-corrected chi connectivity index (χ3v) is 4.35. The average molecular weight is 505 g/mol. The van der Waals surface area contributed by atoms with E-state index >= 15 is 0 Å². The predicted octanol–water partition coefficient (Wildman–Crippen LogP) is 3.84. The molecule has 1 aliphatic heterocycles. The van der Waals surface area contributed by atoms with Gasteiger partial charge in [0.15, 0.2) is 17.5 Å². The number of nitrogens with zero attached hydrogens (tertiary/aromatic N) is 3. The molecule has 1 aliphatic rings. The Morgan fingerprint density at radius 2 is 1.90 bits per heavy atom. The maximum Gasteiger partial charge on any atom is 0.195 e. The second-order valence-corrected chi connectivity index (χ2v) is 6.39. The Balaban J connectivity index is 0.00000240.